The van der Waals surface area contributed by atoms with Crippen LogP contribution in [0.25, 0.3) is 11.3 Å². The molecule has 0 fully saturated rings. The molecule has 1 heterocycles. The first-order valence-corrected chi connectivity index (χ1v) is 10.3. The van der Waals surface area contributed by atoms with E-state index >= 15 is 0 Å². The van der Waals surface area contributed by atoms with Crippen molar-refractivity contribution in [2.24, 2.45) is 0 Å². The van der Waals surface area contributed by atoms with Crippen molar-refractivity contribution >= 4 is 5.95 Å². The number of H-pyrrole nitrogens is 1. The quantitative estimate of drug-likeness (QED) is 0.413. The number of aromatic nitrogens is 2. The maximum absolute atomic E-state index is 5.51. The van der Waals surface area contributed by atoms with Crippen molar-refractivity contribution in [2.45, 2.75) is 45.6 Å². The van der Waals surface area contributed by atoms with E-state index in [1.54, 1.807) is 7.11 Å². The second-order valence-electron chi connectivity index (χ2n) is 7.14. The Kier molecular flexibility index (Phi) is 7.53. The number of nitrogens with zero attached hydrogens (tertiary/aromatic N) is 2. The minimum Gasteiger partial charge on any atom is -0.496 e. The van der Waals surface area contributed by atoms with Crippen molar-refractivity contribution < 1.29 is 4.74 Å². The summed E-state index contributed by atoms with van der Waals surface area (Å²) in [5.74, 6) is 1.77. The van der Waals surface area contributed by atoms with E-state index < -0.39 is 0 Å². The molecule has 3 aromatic rings. The Balaban J connectivity index is 1.76. The van der Waals surface area contributed by atoms with Crippen LogP contribution in [0.2, 0.25) is 0 Å². The summed E-state index contributed by atoms with van der Waals surface area (Å²) in [6.07, 6.45) is 8.24. The van der Waals surface area contributed by atoms with Crippen LogP contribution in [0.3, 0.4) is 0 Å². The highest BCUT2D eigenvalue weighted by Crippen LogP contribution is 2.29. The van der Waals surface area contributed by atoms with Crippen LogP contribution in [0.4, 0.5) is 5.95 Å². The van der Waals surface area contributed by atoms with Crippen LogP contribution < -0.4 is 9.64 Å². The third-order valence-corrected chi connectivity index (χ3v) is 5.01. The molecule has 4 nitrogen and oxygen atoms in total. The number of imidazole rings is 1. The molecule has 0 spiro atoms. The number of ether oxygens (including phenoxy) is 1. The zero-order chi connectivity index (χ0) is 19.6. The van der Waals surface area contributed by atoms with E-state index in [1.165, 1.54) is 37.7 Å². The zero-order valence-corrected chi connectivity index (χ0v) is 17.0. The van der Waals surface area contributed by atoms with E-state index in [9.17, 15) is 0 Å². The lowest BCUT2D eigenvalue weighted by molar-refractivity contribution is 0.416. The number of anilines is 1. The molecule has 0 saturated heterocycles. The number of benzene rings is 2. The number of unbranched alkanes of at least 4 members (excludes halogenated alkanes) is 4. The van der Waals surface area contributed by atoms with Gasteiger partial charge < -0.3 is 14.6 Å². The van der Waals surface area contributed by atoms with E-state index in [1.807, 2.05) is 24.4 Å². The monoisotopic (exact) mass is 377 g/mol. The van der Waals surface area contributed by atoms with Crippen molar-refractivity contribution in [3.05, 3.63) is 66.4 Å². The maximum atomic E-state index is 5.51. The van der Waals surface area contributed by atoms with E-state index in [4.69, 9.17) is 9.72 Å². The summed E-state index contributed by atoms with van der Waals surface area (Å²) in [5.41, 5.74) is 3.31. The van der Waals surface area contributed by atoms with Gasteiger partial charge in [-0.2, -0.15) is 0 Å². The zero-order valence-electron chi connectivity index (χ0n) is 17.0. The average Bonchev–Trinajstić information content (AvgIpc) is 3.23. The number of aromatic amines is 1. The summed E-state index contributed by atoms with van der Waals surface area (Å²) in [6.45, 7) is 4.11. The van der Waals surface area contributed by atoms with Gasteiger partial charge in [-0.25, -0.2) is 4.98 Å². The Labute approximate surface area is 168 Å². The summed E-state index contributed by atoms with van der Waals surface area (Å²) in [7, 11) is 1.70. The number of hydrogen-bond donors (Lipinski definition) is 1. The summed E-state index contributed by atoms with van der Waals surface area (Å²) in [5, 5.41) is 0. The number of nitrogens with one attached hydrogen (secondary N) is 1. The maximum Gasteiger partial charge on any atom is 0.203 e. The van der Waals surface area contributed by atoms with E-state index in [0.29, 0.717) is 0 Å². The van der Waals surface area contributed by atoms with Gasteiger partial charge in [0.15, 0.2) is 0 Å². The van der Waals surface area contributed by atoms with Crippen LogP contribution in [-0.2, 0) is 6.54 Å². The van der Waals surface area contributed by atoms with Gasteiger partial charge in [0, 0.05) is 18.7 Å². The number of para-hydroxylation sites is 1. The van der Waals surface area contributed by atoms with Crippen molar-refractivity contribution in [1.82, 2.24) is 9.97 Å². The standard InChI is InChI=1S/C24H31N3O/c1-3-4-5-6-12-17-27(19-20-13-8-7-9-14-20)24-25-18-22(26-24)21-15-10-11-16-23(21)28-2/h7-11,13-16,18H,3-6,12,17,19H2,1-2H3,(H,25,26). The summed E-state index contributed by atoms with van der Waals surface area (Å²) < 4.78 is 5.51. The molecule has 0 atom stereocenters. The summed E-state index contributed by atoms with van der Waals surface area (Å²) in [6, 6.07) is 18.6. The number of hydrogen-bond acceptors (Lipinski definition) is 3. The first kappa shape index (κ1) is 20.0. The average molecular weight is 378 g/mol. The van der Waals surface area contributed by atoms with Gasteiger partial charge in [-0.3, -0.25) is 0 Å². The first-order chi connectivity index (χ1) is 13.8. The third-order valence-electron chi connectivity index (χ3n) is 5.01. The summed E-state index contributed by atoms with van der Waals surface area (Å²) >= 11 is 0. The van der Waals surface area contributed by atoms with Crippen LogP contribution in [0.1, 0.15) is 44.6 Å². The molecule has 0 aliphatic heterocycles. The van der Waals surface area contributed by atoms with Crippen LogP contribution in [0.15, 0.2) is 60.8 Å². The molecule has 0 bridgehead atoms. The fourth-order valence-corrected chi connectivity index (χ4v) is 3.45. The lowest BCUT2D eigenvalue weighted by atomic mass is 10.1. The molecule has 0 unspecified atom stereocenters. The van der Waals surface area contributed by atoms with Gasteiger partial charge in [-0.05, 0) is 24.1 Å². The van der Waals surface area contributed by atoms with Gasteiger partial charge >= 0.3 is 0 Å². The second kappa shape index (κ2) is 10.5. The Morgan fingerprint density at radius 2 is 1.68 bits per heavy atom. The Bertz CT molecular complexity index is 829. The molecular weight excluding hydrogens is 346 g/mol. The first-order valence-electron chi connectivity index (χ1n) is 10.3. The lowest BCUT2D eigenvalue weighted by Crippen LogP contribution is -2.25. The number of methoxy groups -OCH3 is 1. The molecule has 4 heteroatoms. The molecule has 3 rings (SSSR count). The topological polar surface area (TPSA) is 41.2 Å². The highest BCUT2D eigenvalue weighted by atomic mass is 16.5. The van der Waals surface area contributed by atoms with Gasteiger partial charge in [0.2, 0.25) is 5.95 Å². The minimum atomic E-state index is 0.854. The molecule has 1 aromatic heterocycles. The van der Waals surface area contributed by atoms with Crippen molar-refractivity contribution in [3.63, 3.8) is 0 Å². The lowest BCUT2D eigenvalue weighted by Gasteiger charge is -2.22. The van der Waals surface area contributed by atoms with Crippen molar-refractivity contribution in [2.75, 3.05) is 18.6 Å². The molecule has 0 saturated carbocycles. The van der Waals surface area contributed by atoms with E-state index in [0.717, 1.165) is 36.0 Å². The summed E-state index contributed by atoms with van der Waals surface area (Å²) in [4.78, 5) is 10.6. The van der Waals surface area contributed by atoms with Crippen molar-refractivity contribution in [3.8, 4) is 17.0 Å². The van der Waals surface area contributed by atoms with Crippen LogP contribution in [0.5, 0.6) is 5.75 Å². The molecule has 0 aliphatic rings. The van der Waals surface area contributed by atoms with E-state index in [-0.39, 0.29) is 0 Å². The van der Waals surface area contributed by atoms with Gasteiger partial charge in [-0.1, -0.05) is 75.1 Å². The fourth-order valence-electron chi connectivity index (χ4n) is 3.45. The SMILES string of the molecule is CCCCCCCN(Cc1ccccc1)c1ncc(-c2ccccc2OC)[nH]1. The smallest absolute Gasteiger partial charge is 0.203 e. The fraction of sp³-hybridized carbons (Fsp3) is 0.375. The molecule has 0 radical (unpaired) electrons. The van der Waals surface area contributed by atoms with E-state index in [2.05, 4.69) is 53.2 Å². The molecule has 1 N–H and O–H groups in total. The Morgan fingerprint density at radius 1 is 0.929 bits per heavy atom. The highest BCUT2D eigenvalue weighted by Gasteiger charge is 2.14. The van der Waals surface area contributed by atoms with Crippen LogP contribution in [0, 0.1) is 0 Å². The molecular formula is C24H31N3O. The Morgan fingerprint density at radius 3 is 2.46 bits per heavy atom. The van der Waals surface area contributed by atoms with Gasteiger partial charge in [-0.15, -0.1) is 0 Å². The van der Waals surface area contributed by atoms with Crippen molar-refractivity contribution in [1.29, 1.82) is 0 Å². The molecule has 148 valence electrons. The number of rotatable bonds is 11. The molecule has 28 heavy (non-hydrogen) atoms. The third kappa shape index (κ3) is 5.38. The highest BCUT2D eigenvalue weighted by molar-refractivity contribution is 5.68. The molecule has 2 aromatic carbocycles. The van der Waals surface area contributed by atoms with Crippen LogP contribution in [-0.4, -0.2) is 23.6 Å². The second-order valence-corrected chi connectivity index (χ2v) is 7.14. The van der Waals surface area contributed by atoms with Gasteiger partial charge in [0.1, 0.15) is 5.75 Å². The van der Waals surface area contributed by atoms with Gasteiger partial charge in [0.05, 0.1) is 19.0 Å². The van der Waals surface area contributed by atoms with Gasteiger partial charge in [0.25, 0.3) is 0 Å². The Hall–Kier alpha value is -2.75. The molecule has 0 amide bonds. The van der Waals surface area contributed by atoms with Crippen LogP contribution >= 0.6 is 0 Å². The molecule has 0 aliphatic carbocycles. The predicted octanol–water partition coefficient (Wildman–Crippen LogP) is 6.06. The largest absolute Gasteiger partial charge is 0.496 e. The predicted molar refractivity (Wildman–Crippen MR) is 117 cm³/mol. The minimum absolute atomic E-state index is 0.854. The normalized spacial score (nSPS) is 10.8.